The summed E-state index contributed by atoms with van der Waals surface area (Å²) in [7, 11) is 0. The zero-order valence-corrected chi connectivity index (χ0v) is 17.3. The molecule has 4 aromatic rings. The van der Waals surface area contributed by atoms with Gasteiger partial charge in [0.15, 0.2) is 0 Å². The lowest BCUT2D eigenvalue weighted by Crippen LogP contribution is -2.12. The van der Waals surface area contributed by atoms with Crippen molar-refractivity contribution in [3.8, 4) is 0 Å². The van der Waals surface area contributed by atoms with Crippen LogP contribution in [0, 0.1) is 5.92 Å². The van der Waals surface area contributed by atoms with Crippen LogP contribution >= 0.6 is 0 Å². The van der Waals surface area contributed by atoms with Gasteiger partial charge in [0.05, 0.1) is 6.61 Å². The Bertz CT molecular complexity index is 1140. The molecular formula is C27H28O2. The van der Waals surface area contributed by atoms with Crippen molar-refractivity contribution in [3.05, 3.63) is 66.2 Å². The van der Waals surface area contributed by atoms with Gasteiger partial charge in [0.25, 0.3) is 0 Å². The summed E-state index contributed by atoms with van der Waals surface area (Å²) >= 11 is 0. The van der Waals surface area contributed by atoms with Gasteiger partial charge in [0.1, 0.15) is 0 Å². The van der Waals surface area contributed by atoms with Gasteiger partial charge in [-0.05, 0) is 56.3 Å². The molecule has 0 aromatic heterocycles. The average Bonchev–Trinajstić information content (AvgIpc) is 2.76. The van der Waals surface area contributed by atoms with E-state index in [1.54, 1.807) is 6.08 Å². The molecule has 2 heteroatoms. The molecule has 0 amide bonds. The molecule has 0 saturated heterocycles. The van der Waals surface area contributed by atoms with Crippen LogP contribution in [-0.4, -0.2) is 12.6 Å². The third kappa shape index (κ3) is 3.98. The van der Waals surface area contributed by atoms with Crippen LogP contribution in [0.25, 0.3) is 38.4 Å². The molecule has 0 N–H and O–H groups in total. The fourth-order valence-electron chi connectivity index (χ4n) is 4.21. The fraction of sp³-hybridized carbons (Fsp3) is 0.296. The Morgan fingerprint density at radius 3 is 2.34 bits per heavy atom. The second-order valence-corrected chi connectivity index (χ2v) is 7.89. The van der Waals surface area contributed by atoms with E-state index in [1.807, 2.05) is 6.08 Å². The SMILES string of the molecule is CCCCC(CC)COC(=O)/C=C/c1ccc2ccc3cccc4ccc1c2c34. The molecule has 148 valence electrons. The second-order valence-electron chi connectivity index (χ2n) is 7.89. The van der Waals surface area contributed by atoms with Gasteiger partial charge in [-0.1, -0.05) is 87.7 Å². The number of carbonyl (C=O) groups is 1. The maximum absolute atomic E-state index is 12.3. The number of hydrogen-bond donors (Lipinski definition) is 0. The lowest BCUT2D eigenvalue weighted by molar-refractivity contribution is -0.139. The largest absolute Gasteiger partial charge is 0.462 e. The normalized spacial score (nSPS) is 13.0. The highest BCUT2D eigenvalue weighted by Gasteiger charge is 2.11. The van der Waals surface area contributed by atoms with Crippen LogP contribution in [0.2, 0.25) is 0 Å². The van der Waals surface area contributed by atoms with Crippen molar-refractivity contribution >= 4 is 44.4 Å². The van der Waals surface area contributed by atoms with Crippen molar-refractivity contribution < 1.29 is 9.53 Å². The Morgan fingerprint density at radius 2 is 1.62 bits per heavy atom. The predicted molar refractivity (Wildman–Crippen MR) is 123 cm³/mol. The first kappa shape index (κ1) is 19.4. The molecule has 1 unspecified atom stereocenters. The van der Waals surface area contributed by atoms with Crippen molar-refractivity contribution in [2.45, 2.75) is 39.5 Å². The number of carbonyl (C=O) groups excluding carboxylic acids is 1. The minimum atomic E-state index is -0.259. The van der Waals surface area contributed by atoms with E-state index < -0.39 is 0 Å². The van der Waals surface area contributed by atoms with E-state index in [1.165, 1.54) is 45.2 Å². The zero-order valence-electron chi connectivity index (χ0n) is 17.3. The lowest BCUT2D eigenvalue weighted by atomic mass is 9.92. The summed E-state index contributed by atoms with van der Waals surface area (Å²) in [6.45, 7) is 4.87. The van der Waals surface area contributed by atoms with Crippen molar-refractivity contribution in [1.29, 1.82) is 0 Å². The highest BCUT2D eigenvalue weighted by atomic mass is 16.5. The van der Waals surface area contributed by atoms with E-state index in [0.29, 0.717) is 12.5 Å². The molecule has 2 nitrogen and oxygen atoms in total. The van der Waals surface area contributed by atoms with Crippen molar-refractivity contribution in [2.75, 3.05) is 6.61 Å². The number of esters is 1. The van der Waals surface area contributed by atoms with Crippen LogP contribution in [0.5, 0.6) is 0 Å². The summed E-state index contributed by atoms with van der Waals surface area (Å²) in [6, 6.07) is 19.3. The van der Waals surface area contributed by atoms with Gasteiger partial charge >= 0.3 is 5.97 Å². The molecule has 1 atom stereocenters. The average molecular weight is 385 g/mol. The summed E-state index contributed by atoms with van der Waals surface area (Å²) < 4.78 is 5.51. The summed E-state index contributed by atoms with van der Waals surface area (Å²) in [5, 5.41) is 7.46. The van der Waals surface area contributed by atoms with Crippen LogP contribution in [0.15, 0.2) is 60.7 Å². The Hall–Kier alpha value is -2.87. The quantitative estimate of drug-likeness (QED) is 0.180. The van der Waals surface area contributed by atoms with Crippen molar-refractivity contribution in [2.24, 2.45) is 5.92 Å². The molecule has 0 saturated carbocycles. The third-order valence-electron chi connectivity index (χ3n) is 5.97. The summed E-state index contributed by atoms with van der Waals surface area (Å²) in [5.74, 6) is 0.201. The van der Waals surface area contributed by atoms with Gasteiger partial charge in [-0.15, -0.1) is 0 Å². The van der Waals surface area contributed by atoms with E-state index in [9.17, 15) is 4.79 Å². The minimum Gasteiger partial charge on any atom is -0.462 e. The van der Waals surface area contributed by atoms with Crippen molar-refractivity contribution in [3.63, 3.8) is 0 Å². The van der Waals surface area contributed by atoms with Crippen LogP contribution in [0.1, 0.15) is 45.1 Å². The molecule has 29 heavy (non-hydrogen) atoms. The molecule has 0 heterocycles. The number of unbranched alkanes of at least 4 members (excludes halogenated alkanes) is 1. The van der Waals surface area contributed by atoms with E-state index in [0.717, 1.165) is 18.4 Å². The molecule has 4 rings (SSSR count). The molecule has 0 spiro atoms. The highest BCUT2D eigenvalue weighted by Crippen LogP contribution is 2.36. The first-order valence-electron chi connectivity index (χ1n) is 10.7. The van der Waals surface area contributed by atoms with E-state index in [4.69, 9.17) is 4.74 Å². The zero-order chi connectivity index (χ0) is 20.2. The smallest absolute Gasteiger partial charge is 0.330 e. The topological polar surface area (TPSA) is 26.3 Å². The van der Waals surface area contributed by atoms with Crippen LogP contribution < -0.4 is 0 Å². The van der Waals surface area contributed by atoms with Gasteiger partial charge in [0, 0.05) is 6.08 Å². The fourth-order valence-corrected chi connectivity index (χ4v) is 4.21. The molecular weight excluding hydrogens is 356 g/mol. The Morgan fingerprint density at radius 1 is 0.931 bits per heavy atom. The van der Waals surface area contributed by atoms with Crippen LogP contribution in [-0.2, 0) is 9.53 Å². The third-order valence-corrected chi connectivity index (χ3v) is 5.97. The second kappa shape index (κ2) is 8.65. The standard InChI is InChI=1S/C27H28O2/c1-3-5-7-19(4-2)18-29-25(28)17-15-20-10-11-23-13-12-21-8-6-9-22-14-16-24(20)27(23)26(21)22/h6,8-17,19H,3-5,7,18H2,1-2H3/b17-15+. The highest BCUT2D eigenvalue weighted by molar-refractivity contribution is 6.24. The van der Waals surface area contributed by atoms with E-state index in [-0.39, 0.29) is 5.97 Å². The molecule has 0 radical (unpaired) electrons. The molecule has 0 aliphatic rings. The monoisotopic (exact) mass is 384 g/mol. The van der Waals surface area contributed by atoms with E-state index in [2.05, 4.69) is 68.4 Å². The Kier molecular flexibility index (Phi) is 5.80. The molecule has 4 aromatic carbocycles. The Balaban J connectivity index is 1.58. The number of rotatable bonds is 8. The van der Waals surface area contributed by atoms with Crippen molar-refractivity contribution in [1.82, 2.24) is 0 Å². The first-order valence-corrected chi connectivity index (χ1v) is 10.7. The van der Waals surface area contributed by atoms with Gasteiger partial charge in [-0.25, -0.2) is 4.79 Å². The first-order chi connectivity index (χ1) is 14.2. The van der Waals surface area contributed by atoms with Gasteiger partial charge in [-0.2, -0.15) is 0 Å². The number of benzene rings is 4. The maximum atomic E-state index is 12.3. The molecule has 0 bridgehead atoms. The molecule has 0 aliphatic heterocycles. The molecule has 0 aliphatic carbocycles. The predicted octanol–water partition coefficient (Wildman–Crippen LogP) is 7.36. The summed E-state index contributed by atoms with van der Waals surface area (Å²) in [6.07, 6.45) is 8.00. The van der Waals surface area contributed by atoms with Crippen LogP contribution in [0.3, 0.4) is 0 Å². The van der Waals surface area contributed by atoms with Crippen LogP contribution in [0.4, 0.5) is 0 Å². The number of hydrogen-bond acceptors (Lipinski definition) is 2. The van der Waals surface area contributed by atoms with Gasteiger partial charge in [-0.3, -0.25) is 0 Å². The number of ether oxygens (including phenoxy) is 1. The van der Waals surface area contributed by atoms with E-state index >= 15 is 0 Å². The summed E-state index contributed by atoms with van der Waals surface area (Å²) in [4.78, 5) is 12.3. The lowest BCUT2D eigenvalue weighted by Gasteiger charge is -2.14. The minimum absolute atomic E-state index is 0.259. The molecule has 0 fully saturated rings. The Labute approximate surface area is 172 Å². The maximum Gasteiger partial charge on any atom is 0.330 e. The van der Waals surface area contributed by atoms with Gasteiger partial charge in [0.2, 0.25) is 0 Å². The van der Waals surface area contributed by atoms with Gasteiger partial charge < -0.3 is 4.74 Å². The summed E-state index contributed by atoms with van der Waals surface area (Å²) in [5.41, 5.74) is 1.05.